The summed E-state index contributed by atoms with van der Waals surface area (Å²) in [6.45, 7) is 5.35. The molecule has 20 heavy (non-hydrogen) atoms. The van der Waals surface area contributed by atoms with Gasteiger partial charge in [0.25, 0.3) is 5.91 Å². The van der Waals surface area contributed by atoms with Crippen LogP contribution in [0, 0.1) is 0 Å². The number of hydrogen-bond acceptors (Lipinski definition) is 3. The molecule has 0 saturated carbocycles. The van der Waals surface area contributed by atoms with Crippen molar-refractivity contribution >= 4 is 5.91 Å². The molecular weight excluding hydrogens is 254 g/mol. The molecule has 1 aromatic carbocycles. The van der Waals surface area contributed by atoms with Crippen molar-refractivity contribution < 1.29 is 14.6 Å². The zero-order valence-electron chi connectivity index (χ0n) is 12.2. The monoisotopic (exact) mass is 277 g/mol. The minimum Gasteiger partial charge on any atom is -0.394 e. The van der Waals surface area contributed by atoms with Crippen molar-refractivity contribution in [3.05, 3.63) is 35.4 Å². The van der Waals surface area contributed by atoms with Gasteiger partial charge in [-0.1, -0.05) is 12.1 Å². The van der Waals surface area contributed by atoms with E-state index in [9.17, 15) is 9.90 Å². The Morgan fingerprint density at radius 1 is 1.40 bits per heavy atom. The Bertz CT molecular complexity index is 442. The van der Waals surface area contributed by atoms with E-state index in [1.807, 2.05) is 38.1 Å². The number of aliphatic hydroxyl groups excluding tert-OH is 1. The molecule has 1 amide bonds. The molecule has 1 fully saturated rings. The van der Waals surface area contributed by atoms with Crippen molar-refractivity contribution in [2.24, 2.45) is 0 Å². The van der Waals surface area contributed by atoms with Crippen molar-refractivity contribution in [1.82, 2.24) is 4.90 Å². The normalized spacial score (nSPS) is 18.8. The summed E-state index contributed by atoms with van der Waals surface area (Å²) in [5, 5.41) is 9.29. The van der Waals surface area contributed by atoms with Crippen LogP contribution < -0.4 is 0 Å². The standard InChI is InChI=1S/C16H23NO3/c1-12(2)20-11-13-5-7-14(8-6-13)16(19)17-9-3-4-15(17)10-18/h5-8,12,15,18H,3-4,9-11H2,1-2H3/t15-/m0/s1. The molecule has 0 unspecified atom stereocenters. The third-order valence-corrected chi connectivity index (χ3v) is 3.63. The van der Waals surface area contributed by atoms with Crippen LogP contribution in [-0.2, 0) is 11.3 Å². The highest BCUT2D eigenvalue weighted by molar-refractivity contribution is 5.94. The second kappa shape index (κ2) is 6.86. The highest BCUT2D eigenvalue weighted by Crippen LogP contribution is 2.20. The van der Waals surface area contributed by atoms with Crippen LogP contribution in [0.25, 0.3) is 0 Å². The fourth-order valence-electron chi connectivity index (χ4n) is 2.47. The average Bonchev–Trinajstić information content (AvgIpc) is 2.93. The fourth-order valence-corrected chi connectivity index (χ4v) is 2.47. The van der Waals surface area contributed by atoms with Crippen LogP contribution >= 0.6 is 0 Å². The van der Waals surface area contributed by atoms with Gasteiger partial charge in [0, 0.05) is 12.1 Å². The molecule has 4 nitrogen and oxygen atoms in total. The number of likely N-dealkylation sites (tertiary alicyclic amines) is 1. The molecule has 1 N–H and O–H groups in total. The van der Waals surface area contributed by atoms with E-state index in [4.69, 9.17) is 4.74 Å². The van der Waals surface area contributed by atoms with E-state index in [1.54, 1.807) is 4.90 Å². The van der Waals surface area contributed by atoms with Crippen LogP contribution in [0.15, 0.2) is 24.3 Å². The molecule has 2 rings (SSSR count). The SMILES string of the molecule is CC(C)OCc1ccc(C(=O)N2CCC[C@H]2CO)cc1. The Morgan fingerprint density at radius 3 is 2.70 bits per heavy atom. The molecule has 110 valence electrons. The third kappa shape index (κ3) is 3.58. The quantitative estimate of drug-likeness (QED) is 0.897. The van der Waals surface area contributed by atoms with Crippen LogP contribution in [0.1, 0.15) is 42.6 Å². The lowest BCUT2D eigenvalue weighted by Crippen LogP contribution is -2.37. The van der Waals surface area contributed by atoms with Crippen molar-refractivity contribution in [1.29, 1.82) is 0 Å². The van der Waals surface area contributed by atoms with Gasteiger partial charge in [-0.2, -0.15) is 0 Å². The van der Waals surface area contributed by atoms with Gasteiger partial charge in [-0.05, 0) is 44.4 Å². The first-order chi connectivity index (χ1) is 9.61. The molecule has 1 aliphatic heterocycles. The zero-order valence-corrected chi connectivity index (χ0v) is 12.2. The van der Waals surface area contributed by atoms with Crippen LogP contribution in [0.3, 0.4) is 0 Å². The highest BCUT2D eigenvalue weighted by Gasteiger charge is 2.28. The number of aliphatic hydroxyl groups is 1. The summed E-state index contributed by atoms with van der Waals surface area (Å²) in [4.78, 5) is 14.2. The Labute approximate surface area is 120 Å². The number of carbonyl (C=O) groups excluding carboxylic acids is 1. The number of benzene rings is 1. The molecule has 0 spiro atoms. The van der Waals surface area contributed by atoms with Gasteiger partial charge >= 0.3 is 0 Å². The maximum atomic E-state index is 12.4. The van der Waals surface area contributed by atoms with Crippen LogP contribution in [-0.4, -0.2) is 41.2 Å². The summed E-state index contributed by atoms with van der Waals surface area (Å²) in [5.74, 6) is 0.0119. The van der Waals surface area contributed by atoms with E-state index in [1.165, 1.54) is 0 Å². The Balaban J connectivity index is 2.00. The van der Waals surface area contributed by atoms with Crippen molar-refractivity contribution in [3.63, 3.8) is 0 Å². The minimum absolute atomic E-state index is 0.0119. The van der Waals surface area contributed by atoms with Crippen molar-refractivity contribution in [3.8, 4) is 0 Å². The smallest absolute Gasteiger partial charge is 0.254 e. The molecule has 1 heterocycles. The van der Waals surface area contributed by atoms with Gasteiger partial charge in [-0.15, -0.1) is 0 Å². The Hall–Kier alpha value is -1.39. The van der Waals surface area contributed by atoms with Gasteiger partial charge in [0.2, 0.25) is 0 Å². The molecule has 0 radical (unpaired) electrons. The van der Waals surface area contributed by atoms with E-state index in [0.717, 1.165) is 24.9 Å². The lowest BCUT2D eigenvalue weighted by Gasteiger charge is -2.23. The Kier molecular flexibility index (Phi) is 5.15. The van der Waals surface area contributed by atoms with Crippen LogP contribution in [0.2, 0.25) is 0 Å². The number of amides is 1. The van der Waals surface area contributed by atoms with Crippen LogP contribution in [0.4, 0.5) is 0 Å². The number of nitrogens with zero attached hydrogens (tertiary/aromatic N) is 1. The molecule has 1 saturated heterocycles. The first-order valence-corrected chi connectivity index (χ1v) is 7.24. The summed E-state index contributed by atoms with van der Waals surface area (Å²) < 4.78 is 5.53. The topological polar surface area (TPSA) is 49.8 Å². The minimum atomic E-state index is -0.0218. The van der Waals surface area contributed by atoms with E-state index in [2.05, 4.69) is 0 Å². The van der Waals surface area contributed by atoms with E-state index >= 15 is 0 Å². The lowest BCUT2D eigenvalue weighted by molar-refractivity contribution is 0.0652. The molecule has 1 aliphatic rings. The second-order valence-corrected chi connectivity index (χ2v) is 5.53. The molecule has 0 aliphatic carbocycles. The van der Waals surface area contributed by atoms with E-state index in [0.29, 0.717) is 12.2 Å². The van der Waals surface area contributed by atoms with Gasteiger partial charge in [0.1, 0.15) is 0 Å². The molecule has 0 bridgehead atoms. The first kappa shape index (κ1) is 15.0. The number of hydrogen-bond donors (Lipinski definition) is 1. The second-order valence-electron chi connectivity index (χ2n) is 5.53. The lowest BCUT2D eigenvalue weighted by atomic mass is 10.1. The summed E-state index contributed by atoms with van der Waals surface area (Å²) in [6.07, 6.45) is 2.06. The van der Waals surface area contributed by atoms with E-state index < -0.39 is 0 Å². The highest BCUT2D eigenvalue weighted by atomic mass is 16.5. The van der Waals surface area contributed by atoms with Gasteiger partial charge < -0.3 is 14.7 Å². The van der Waals surface area contributed by atoms with Crippen molar-refractivity contribution in [2.45, 2.75) is 45.4 Å². The number of ether oxygens (including phenoxy) is 1. The molecular formula is C16H23NO3. The summed E-state index contributed by atoms with van der Waals surface area (Å²) in [5.41, 5.74) is 1.74. The van der Waals surface area contributed by atoms with Gasteiger partial charge in [-0.3, -0.25) is 4.79 Å². The third-order valence-electron chi connectivity index (χ3n) is 3.63. The maximum Gasteiger partial charge on any atom is 0.254 e. The van der Waals surface area contributed by atoms with Crippen molar-refractivity contribution in [2.75, 3.05) is 13.2 Å². The molecule has 4 heteroatoms. The van der Waals surface area contributed by atoms with Gasteiger partial charge in [-0.25, -0.2) is 0 Å². The summed E-state index contributed by atoms with van der Waals surface area (Å²) >= 11 is 0. The maximum absolute atomic E-state index is 12.4. The predicted octanol–water partition coefficient (Wildman–Crippen LogP) is 2.21. The number of carbonyl (C=O) groups is 1. The largest absolute Gasteiger partial charge is 0.394 e. The molecule has 1 aromatic rings. The van der Waals surface area contributed by atoms with Crippen LogP contribution in [0.5, 0.6) is 0 Å². The molecule has 0 aromatic heterocycles. The predicted molar refractivity (Wildman–Crippen MR) is 77.5 cm³/mol. The first-order valence-electron chi connectivity index (χ1n) is 7.24. The summed E-state index contributed by atoms with van der Waals surface area (Å²) in [7, 11) is 0. The fraction of sp³-hybridized carbons (Fsp3) is 0.562. The summed E-state index contributed by atoms with van der Waals surface area (Å²) in [6, 6.07) is 7.52. The van der Waals surface area contributed by atoms with Gasteiger partial charge in [0.05, 0.1) is 25.4 Å². The number of rotatable bonds is 5. The zero-order chi connectivity index (χ0) is 14.5. The van der Waals surface area contributed by atoms with Gasteiger partial charge in [0.15, 0.2) is 0 Å². The molecule has 1 atom stereocenters. The van der Waals surface area contributed by atoms with E-state index in [-0.39, 0.29) is 24.7 Å². The Morgan fingerprint density at radius 2 is 2.10 bits per heavy atom. The average molecular weight is 277 g/mol.